The second-order valence-electron chi connectivity index (χ2n) is 6.17. The van der Waals surface area contributed by atoms with E-state index < -0.39 is 6.10 Å². The Morgan fingerprint density at radius 2 is 2.12 bits per heavy atom. The lowest BCUT2D eigenvalue weighted by Crippen LogP contribution is -2.49. The van der Waals surface area contributed by atoms with Gasteiger partial charge in [0.2, 0.25) is 12.0 Å². The van der Waals surface area contributed by atoms with Gasteiger partial charge in [0.25, 0.3) is 5.91 Å². The molecule has 2 atom stereocenters. The zero-order valence-electron chi connectivity index (χ0n) is 13.5. The van der Waals surface area contributed by atoms with Crippen molar-refractivity contribution in [2.24, 2.45) is 0 Å². The number of nitrogens with zero attached hydrogens (tertiary/aromatic N) is 3. The maximum Gasteiger partial charge on any atom is 0.267 e. The zero-order valence-corrected chi connectivity index (χ0v) is 13.5. The van der Waals surface area contributed by atoms with E-state index in [0.717, 1.165) is 12.8 Å². The fourth-order valence-corrected chi connectivity index (χ4v) is 3.20. The smallest absolute Gasteiger partial charge is 0.267 e. The molecule has 1 fully saturated rings. The lowest BCUT2D eigenvalue weighted by atomic mass is 9.97. The summed E-state index contributed by atoms with van der Waals surface area (Å²) in [5.41, 5.74) is 0. The number of rotatable bonds is 2. The largest absolute Gasteiger partial charge is 0.485 e. The average molecular weight is 329 g/mol. The highest BCUT2D eigenvalue weighted by atomic mass is 16.6. The Hall–Kier alpha value is -2.57. The van der Waals surface area contributed by atoms with Crippen molar-refractivity contribution in [3.63, 3.8) is 0 Å². The molecule has 0 bridgehead atoms. The molecular weight excluding hydrogens is 310 g/mol. The van der Waals surface area contributed by atoms with Crippen molar-refractivity contribution in [3.05, 3.63) is 36.0 Å². The quantitative estimate of drug-likeness (QED) is 0.838. The first-order chi connectivity index (χ1) is 11.7. The number of para-hydroxylation sites is 2. The molecule has 0 radical (unpaired) electrons. The number of aromatic nitrogens is 2. The fraction of sp³-hybridized carbons (Fsp3) is 0.471. The minimum atomic E-state index is -0.608. The van der Waals surface area contributed by atoms with E-state index in [4.69, 9.17) is 14.0 Å². The second kappa shape index (κ2) is 6.14. The van der Waals surface area contributed by atoms with Gasteiger partial charge in [-0.15, -0.1) is 0 Å². The number of fused-ring (bicyclic) bond motifs is 1. The molecule has 24 heavy (non-hydrogen) atoms. The number of likely N-dealkylation sites (tertiary alicyclic amines) is 1. The highest BCUT2D eigenvalue weighted by Crippen LogP contribution is 2.32. The first-order valence-corrected chi connectivity index (χ1v) is 8.18. The molecule has 0 spiro atoms. The summed E-state index contributed by atoms with van der Waals surface area (Å²) in [5, 5.41) is 3.84. The number of amides is 1. The predicted octanol–water partition coefficient (Wildman–Crippen LogP) is 1.92. The van der Waals surface area contributed by atoms with Crippen LogP contribution in [0.25, 0.3) is 0 Å². The van der Waals surface area contributed by atoms with Crippen LogP contribution in [-0.4, -0.2) is 46.7 Å². The molecule has 7 heteroatoms. The Morgan fingerprint density at radius 3 is 2.92 bits per heavy atom. The summed E-state index contributed by atoms with van der Waals surface area (Å²) < 4.78 is 16.7. The Kier molecular flexibility index (Phi) is 3.84. The van der Waals surface area contributed by atoms with Gasteiger partial charge in [-0.25, -0.2) is 0 Å². The van der Waals surface area contributed by atoms with E-state index >= 15 is 0 Å². The van der Waals surface area contributed by atoms with E-state index in [1.54, 1.807) is 6.92 Å². The van der Waals surface area contributed by atoms with Gasteiger partial charge in [0.15, 0.2) is 17.3 Å². The molecule has 4 rings (SSSR count). The number of piperidine rings is 1. The van der Waals surface area contributed by atoms with Crippen molar-refractivity contribution in [1.82, 2.24) is 15.0 Å². The summed E-state index contributed by atoms with van der Waals surface area (Å²) in [6.45, 7) is 3.31. The highest BCUT2D eigenvalue weighted by Gasteiger charge is 2.35. The summed E-state index contributed by atoms with van der Waals surface area (Å²) in [6.07, 6.45) is 1.24. The molecule has 0 N–H and O–H groups in total. The van der Waals surface area contributed by atoms with Crippen LogP contribution in [0.3, 0.4) is 0 Å². The van der Waals surface area contributed by atoms with E-state index in [1.807, 2.05) is 29.2 Å². The van der Waals surface area contributed by atoms with E-state index in [9.17, 15) is 4.79 Å². The maximum absolute atomic E-state index is 12.8. The third-order valence-corrected chi connectivity index (χ3v) is 4.41. The fourth-order valence-electron chi connectivity index (χ4n) is 3.20. The molecule has 0 unspecified atom stereocenters. The van der Waals surface area contributed by atoms with Gasteiger partial charge in [-0.05, 0) is 31.9 Å². The zero-order chi connectivity index (χ0) is 16.5. The molecule has 0 saturated carbocycles. The Morgan fingerprint density at radius 1 is 1.29 bits per heavy atom. The third-order valence-electron chi connectivity index (χ3n) is 4.41. The van der Waals surface area contributed by atoms with Gasteiger partial charge in [-0.3, -0.25) is 4.79 Å². The van der Waals surface area contributed by atoms with Crippen LogP contribution in [0.5, 0.6) is 11.5 Å². The van der Waals surface area contributed by atoms with Crippen LogP contribution in [-0.2, 0) is 4.79 Å². The molecule has 2 aromatic rings. The number of benzene rings is 1. The number of carbonyl (C=O) groups excluding carboxylic acids is 1. The van der Waals surface area contributed by atoms with E-state index in [-0.39, 0.29) is 18.4 Å². The Labute approximate surface area is 139 Å². The topological polar surface area (TPSA) is 77.7 Å². The molecule has 2 aliphatic rings. The Balaban J connectivity index is 1.45. The molecule has 1 aromatic carbocycles. The minimum absolute atomic E-state index is 0.0505. The van der Waals surface area contributed by atoms with Crippen LogP contribution < -0.4 is 9.47 Å². The summed E-state index contributed by atoms with van der Waals surface area (Å²) >= 11 is 0. The van der Waals surface area contributed by atoms with Crippen LogP contribution in [0.1, 0.15) is 30.5 Å². The van der Waals surface area contributed by atoms with Gasteiger partial charge in [0, 0.05) is 13.1 Å². The molecule has 1 aromatic heterocycles. The van der Waals surface area contributed by atoms with Crippen molar-refractivity contribution in [1.29, 1.82) is 0 Å². The van der Waals surface area contributed by atoms with Crippen molar-refractivity contribution >= 4 is 5.91 Å². The van der Waals surface area contributed by atoms with Crippen LogP contribution in [0.4, 0.5) is 0 Å². The molecule has 0 aliphatic carbocycles. The van der Waals surface area contributed by atoms with E-state index in [1.165, 1.54) is 0 Å². The van der Waals surface area contributed by atoms with Crippen LogP contribution in [0, 0.1) is 6.92 Å². The standard InChI is InChI=1S/C17H19N3O4/c1-11-18-16(24-19-11)12-5-4-8-20(9-12)17(21)15-10-22-13-6-2-3-7-14(13)23-15/h2-3,6-7,12,15H,4-5,8-10H2,1H3/t12-,15+/m1/s1. The SMILES string of the molecule is Cc1noc([C@@H]2CCCN(C(=O)[C@@H]3COc4ccccc4O3)C2)n1. The van der Waals surface area contributed by atoms with Crippen molar-refractivity contribution < 1.29 is 18.8 Å². The number of carbonyl (C=O) groups is 1. The minimum Gasteiger partial charge on any atom is -0.485 e. The van der Waals surface area contributed by atoms with Crippen molar-refractivity contribution in [2.45, 2.75) is 31.8 Å². The van der Waals surface area contributed by atoms with E-state index in [2.05, 4.69) is 10.1 Å². The van der Waals surface area contributed by atoms with Gasteiger partial charge in [-0.2, -0.15) is 4.98 Å². The molecule has 1 amide bonds. The van der Waals surface area contributed by atoms with Gasteiger partial charge >= 0.3 is 0 Å². The van der Waals surface area contributed by atoms with Gasteiger partial charge in [-0.1, -0.05) is 17.3 Å². The number of hydrogen-bond donors (Lipinski definition) is 0. The summed E-state index contributed by atoms with van der Waals surface area (Å²) in [7, 11) is 0. The molecule has 3 heterocycles. The lowest BCUT2D eigenvalue weighted by Gasteiger charge is -2.35. The molecule has 7 nitrogen and oxygen atoms in total. The second-order valence-corrected chi connectivity index (χ2v) is 6.17. The van der Waals surface area contributed by atoms with Gasteiger partial charge in [0.1, 0.15) is 6.61 Å². The molecule has 1 saturated heterocycles. The van der Waals surface area contributed by atoms with Crippen molar-refractivity contribution in [2.75, 3.05) is 19.7 Å². The van der Waals surface area contributed by atoms with Gasteiger partial charge < -0.3 is 18.9 Å². The number of aryl methyl sites for hydroxylation is 1. The monoisotopic (exact) mass is 329 g/mol. The first-order valence-electron chi connectivity index (χ1n) is 8.18. The van der Waals surface area contributed by atoms with Crippen LogP contribution >= 0.6 is 0 Å². The summed E-state index contributed by atoms with van der Waals surface area (Å²) in [6, 6.07) is 7.40. The maximum atomic E-state index is 12.8. The van der Waals surface area contributed by atoms with Crippen LogP contribution in [0.15, 0.2) is 28.8 Å². The molecule has 126 valence electrons. The summed E-state index contributed by atoms with van der Waals surface area (Å²) in [5.74, 6) is 2.55. The number of hydrogen-bond acceptors (Lipinski definition) is 6. The van der Waals surface area contributed by atoms with Crippen molar-refractivity contribution in [3.8, 4) is 11.5 Å². The van der Waals surface area contributed by atoms with E-state index in [0.29, 0.717) is 36.3 Å². The Bertz CT molecular complexity index is 745. The first kappa shape index (κ1) is 15.0. The normalized spacial score (nSPS) is 23.1. The average Bonchev–Trinajstić information content (AvgIpc) is 3.07. The summed E-state index contributed by atoms with van der Waals surface area (Å²) in [4.78, 5) is 18.9. The highest BCUT2D eigenvalue weighted by molar-refractivity contribution is 5.82. The van der Waals surface area contributed by atoms with Gasteiger partial charge in [0.05, 0.1) is 5.92 Å². The molecular formula is C17H19N3O4. The number of ether oxygens (including phenoxy) is 2. The third kappa shape index (κ3) is 2.81. The lowest BCUT2D eigenvalue weighted by molar-refractivity contribution is -0.142. The van der Waals surface area contributed by atoms with Crippen LogP contribution in [0.2, 0.25) is 0 Å². The predicted molar refractivity (Wildman–Crippen MR) is 83.9 cm³/mol. The molecule has 2 aliphatic heterocycles.